The number of amides is 2. The van der Waals surface area contributed by atoms with Crippen molar-refractivity contribution in [3.05, 3.63) is 94.5 Å². The second kappa shape index (κ2) is 13.6. The minimum Gasteiger partial charge on any atom is -0.354 e. The fourth-order valence-corrected chi connectivity index (χ4v) is 5.92. The summed E-state index contributed by atoms with van der Waals surface area (Å²) in [5.41, 5.74) is 4.92. The molecule has 0 fully saturated rings. The summed E-state index contributed by atoms with van der Waals surface area (Å²) >= 11 is 0. The largest absolute Gasteiger partial charge is 0.354 e. The molecule has 0 aliphatic heterocycles. The Morgan fingerprint density at radius 1 is 0.875 bits per heavy atom. The lowest BCUT2D eigenvalue weighted by Gasteiger charge is -2.33. The van der Waals surface area contributed by atoms with Crippen LogP contribution in [-0.2, 0) is 26.2 Å². The van der Waals surface area contributed by atoms with E-state index in [2.05, 4.69) is 5.32 Å². The lowest BCUT2D eigenvalue weighted by molar-refractivity contribution is -0.139. The molecule has 0 unspecified atom stereocenters. The molecule has 3 rings (SSSR count). The molecule has 0 saturated carbocycles. The summed E-state index contributed by atoms with van der Waals surface area (Å²) in [6.45, 7) is 11.6. The summed E-state index contributed by atoms with van der Waals surface area (Å²) in [5, 5.41) is 2.92. The molecule has 8 heteroatoms. The Bertz CT molecular complexity index is 1430. The number of nitrogens with zero attached hydrogens (tertiary/aromatic N) is 2. The van der Waals surface area contributed by atoms with Crippen molar-refractivity contribution in [2.75, 3.05) is 17.4 Å². The molecule has 0 aromatic heterocycles. The average molecular weight is 564 g/mol. The maximum absolute atomic E-state index is 14.1. The number of hydrogen-bond acceptors (Lipinski definition) is 4. The molecule has 0 aliphatic carbocycles. The van der Waals surface area contributed by atoms with E-state index in [1.165, 1.54) is 9.21 Å². The summed E-state index contributed by atoms with van der Waals surface area (Å²) in [6, 6.07) is 18.9. The van der Waals surface area contributed by atoms with Crippen LogP contribution in [0, 0.1) is 27.7 Å². The fourth-order valence-electron chi connectivity index (χ4n) is 4.45. The van der Waals surface area contributed by atoms with Crippen molar-refractivity contribution in [3.8, 4) is 0 Å². The van der Waals surface area contributed by atoms with E-state index in [4.69, 9.17) is 0 Å². The molecular weight excluding hydrogens is 522 g/mol. The van der Waals surface area contributed by atoms with Crippen molar-refractivity contribution in [3.63, 3.8) is 0 Å². The molecule has 7 nitrogen and oxygen atoms in total. The van der Waals surface area contributed by atoms with E-state index in [0.717, 1.165) is 40.7 Å². The number of rotatable bonds is 12. The SMILES string of the molecule is CCCCNC(=O)[C@@H](C)N(Cc1ccccc1C)C(=O)CN(c1cccc(C)c1C)S(=O)(=O)c1ccc(C)cc1. The number of benzene rings is 3. The van der Waals surface area contributed by atoms with Crippen molar-refractivity contribution in [1.82, 2.24) is 10.2 Å². The van der Waals surface area contributed by atoms with Gasteiger partial charge in [0.25, 0.3) is 10.0 Å². The number of aryl methyl sites for hydroxylation is 3. The van der Waals surface area contributed by atoms with Gasteiger partial charge in [-0.3, -0.25) is 13.9 Å². The van der Waals surface area contributed by atoms with Crippen LogP contribution in [0.2, 0.25) is 0 Å². The van der Waals surface area contributed by atoms with E-state index in [-0.39, 0.29) is 17.3 Å². The van der Waals surface area contributed by atoms with Gasteiger partial charge in [0.2, 0.25) is 11.8 Å². The quantitative estimate of drug-likeness (QED) is 0.297. The number of hydrogen-bond donors (Lipinski definition) is 1. The zero-order valence-corrected chi connectivity index (χ0v) is 25.2. The molecule has 0 heterocycles. The van der Waals surface area contributed by atoms with Gasteiger partial charge in [-0.25, -0.2) is 8.42 Å². The van der Waals surface area contributed by atoms with Crippen LogP contribution in [0.5, 0.6) is 0 Å². The first-order chi connectivity index (χ1) is 19.0. The molecule has 0 saturated heterocycles. The molecule has 1 N–H and O–H groups in total. The number of anilines is 1. The summed E-state index contributed by atoms with van der Waals surface area (Å²) in [6.07, 6.45) is 1.77. The zero-order chi connectivity index (χ0) is 29.4. The maximum atomic E-state index is 14.1. The molecular formula is C32H41N3O4S. The van der Waals surface area contributed by atoms with Crippen molar-refractivity contribution >= 4 is 27.5 Å². The third kappa shape index (κ3) is 7.30. The van der Waals surface area contributed by atoms with Gasteiger partial charge in [-0.15, -0.1) is 0 Å². The molecule has 3 aromatic carbocycles. The van der Waals surface area contributed by atoms with Gasteiger partial charge in [-0.2, -0.15) is 0 Å². The van der Waals surface area contributed by atoms with Gasteiger partial charge in [0.05, 0.1) is 10.6 Å². The number of sulfonamides is 1. The highest BCUT2D eigenvalue weighted by molar-refractivity contribution is 7.92. The Morgan fingerprint density at radius 3 is 2.17 bits per heavy atom. The van der Waals surface area contributed by atoms with Crippen LogP contribution >= 0.6 is 0 Å². The summed E-state index contributed by atoms with van der Waals surface area (Å²) < 4.78 is 29.2. The van der Waals surface area contributed by atoms with Gasteiger partial charge in [0.1, 0.15) is 12.6 Å². The molecule has 0 aliphatic rings. The summed E-state index contributed by atoms with van der Waals surface area (Å²) in [7, 11) is -4.10. The highest BCUT2D eigenvalue weighted by Gasteiger charge is 2.33. The van der Waals surface area contributed by atoms with Crippen LogP contribution in [0.25, 0.3) is 0 Å². The summed E-state index contributed by atoms with van der Waals surface area (Å²) in [4.78, 5) is 28.8. The van der Waals surface area contributed by atoms with E-state index >= 15 is 0 Å². The molecule has 40 heavy (non-hydrogen) atoms. The third-order valence-corrected chi connectivity index (χ3v) is 9.11. The standard InChI is InChI=1S/C32H41N3O4S/c1-7-8-20-33-32(37)27(6)34(21-28-14-10-9-12-25(28)4)31(36)22-35(30-15-11-13-24(3)26(30)5)40(38,39)29-18-16-23(2)17-19-29/h9-19,27H,7-8,20-22H2,1-6H3,(H,33,37)/t27-/m1/s1. The van der Waals surface area contributed by atoms with Crippen LogP contribution in [0.15, 0.2) is 71.6 Å². The van der Waals surface area contributed by atoms with Crippen molar-refractivity contribution in [1.29, 1.82) is 0 Å². The lowest BCUT2D eigenvalue weighted by atomic mass is 10.1. The van der Waals surface area contributed by atoms with E-state index in [9.17, 15) is 18.0 Å². The monoisotopic (exact) mass is 563 g/mol. The maximum Gasteiger partial charge on any atom is 0.264 e. The van der Waals surface area contributed by atoms with Crippen molar-refractivity contribution in [2.45, 2.75) is 71.9 Å². The predicted octanol–water partition coefficient (Wildman–Crippen LogP) is 5.45. The Hall–Kier alpha value is -3.65. The first kappa shape index (κ1) is 30.9. The van der Waals surface area contributed by atoms with E-state index in [0.29, 0.717) is 12.2 Å². The van der Waals surface area contributed by atoms with Gasteiger partial charge in [-0.05, 0) is 81.5 Å². The second-order valence-corrected chi connectivity index (χ2v) is 12.2. The minimum atomic E-state index is -4.10. The third-order valence-electron chi connectivity index (χ3n) is 7.33. The van der Waals surface area contributed by atoms with Crippen LogP contribution in [0.4, 0.5) is 5.69 Å². The average Bonchev–Trinajstić information content (AvgIpc) is 2.92. The predicted molar refractivity (Wildman–Crippen MR) is 161 cm³/mol. The zero-order valence-electron chi connectivity index (χ0n) is 24.4. The molecule has 0 radical (unpaired) electrons. The van der Waals surface area contributed by atoms with Crippen molar-refractivity contribution < 1.29 is 18.0 Å². The lowest BCUT2D eigenvalue weighted by Crippen LogP contribution is -2.51. The minimum absolute atomic E-state index is 0.0996. The number of carbonyl (C=O) groups is 2. The molecule has 0 bridgehead atoms. The number of carbonyl (C=O) groups excluding carboxylic acids is 2. The Balaban J connectivity index is 2.05. The van der Waals surface area contributed by atoms with E-state index in [1.54, 1.807) is 43.3 Å². The number of unbranched alkanes of at least 4 members (excludes halogenated alkanes) is 1. The molecule has 1 atom stereocenters. The van der Waals surface area contributed by atoms with Crippen LogP contribution in [-0.4, -0.2) is 44.3 Å². The second-order valence-electron chi connectivity index (χ2n) is 10.3. The van der Waals surface area contributed by atoms with Gasteiger partial charge >= 0.3 is 0 Å². The van der Waals surface area contributed by atoms with Crippen molar-refractivity contribution in [2.24, 2.45) is 0 Å². The molecule has 214 valence electrons. The van der Waals surface area contributed by atoms with Crippen LogP contribution < -0.4 is 9.62 Å². The Kier molecular flexibility index (Phi) is 10.5. The van der Waals surface area contributed by atoms with E-state index < -0.39 is 28.5 Å². The van der Waals surface area contributed by atoms with Gasteiger partial charge in [0.15, 0.2) is 0 Å². The van der Waals surface area contributed by atoms with E-state index in [1.807, 2.05) is 65.0 Å². The topological polar surface area (TPSA) is 86.8 Å². The Morgan fingerprint density at radius 2 is 1.52 bits per heavy atom. The smallest absolute Gasteiger partial charge is 0.264 e. The first-order valence-corrected chi connectivity index (χ1v) is 15.2. The van der Waals surface area contributed by atoms with Crippen LogP contribution in [0.3, 0.4) is 0 Å². The Labute approximate surface area is 239 Å². The molecule has 3 aromatic rings. The highest BCUT2D eigenvalue weighted by Crippen LogP contribution is 2.29. The van der Waals surface area contributed by atoms with Gasteiger partial charge in [0, 0.05) is 13.1 Å². The fraction of sp³-hybridized carbons (Fsp3) is 0.375. The molecule has 2 amide bonds. The first-order valence-electron chi connectivity index (χ1n) is 13.7. The van der Waals surface area contributed by atoms with Crippen LogP contribution in [0.1, 0.15) is 54.5 Å². The van der Waals surface area contributed by atoms with Gasteiger partial charge < -0.3 is 10.2 Å². The number of nitrogens with one attached hydrogen (secondary N) is 1. The van der Waals surface area contributed by atoms with Gasteiger partial charge in [-0.1, -0.05) is 67.4 Å². The highest BCUT2D eigenvalue weighted by atomic mass is 32.2. The summed E-state index contributed by atoms with van der Waals surface area (Å²) in [5.74, 6) is -0.729. The normalized spacial score (nSPS) is 12.1. The molecule has 0 spiro atoms.